The van der Waals surface area contributed by atoms with Crippen molar-refractivity contribution >= 4 is 11.9 Å². The van der Waals surface area contributed by atoms with Gasteiger partial charge in [0.1, 0.15) is 18.2 Å². The van der Waals surface area contributed by atoms with Gasteiger partial charge in [0.25, 0.3) is 0 Å². The van der Waals surface area contributed by atoms with E-state index in [-0.39, 0.29) is 23.9 Å². The SMILES string of the molecule is C[C@H](OC(=O)[C@@H](N)Cc1ccc(O)c(O)c1)[C@H](C)OC(=O)C(C)(C)C. The molecule has 0 amide bonds. The molecular weight excluding hydrogens is 326 g/mol. The number of phenolic OH excluding ortho intramolecular Hbond substituents is 2. The summed E-state index contributed by atoms with van der Waals surface area (Å²) in [5.74, 6) is -1.55. The average molecular weight is 353 g/mol. The predicted octanol–water partition coefficient (Wildman–Crippen LogP) is 1.88. The Kier molecular flexibility index (Phi) is 6.81. The molecule has 1 rings (SSSR count). The minimum atomic E-state index is -0.947. The van der Waals surface area contributed by atoms with Crippen LogP contribution in [0.1, 0.15) is 40.2 Å². The molecule has 0 aliphatic heterocycles. The molecule has 0 fully saturated rings. The number of benzene rings is 1. The molecule has 0 unspecified atom stereocenters. The molecule has 0 aliphatic rings. The van der Waals surface area contributed by atoms with Crippen molar-refractivity contribution in [3.8, 4) is 11.5 Å². The van der Waals surface area contributed by atoms with Crippen molar-refractivity contribution in [2.45, 2.75) is 59.3 Å². The zero-order chi connectivity index (χ0) is 19.4. The van der Waals surface area contributed by atoms with E-state index in [2.05, 4.69) is 0 Å². The molecule has 7 heteroatoms. The predicted molar refractivity (Wildman–Crippen MR) is 92.0 cm³/mol. The standard InChI is InChI=1S/C18H27NO6/c1-10(11(2)25-17(23)18(3,4)5)24-16(22)13(19)8-12-6-7-14(20)15(21)9-12/h6-7,9-11,13,20-21H,8,19H2,1-5H3/t10-,11-,13-/m0/s1. The average Bonchev–Trinajstić information content (AvgIpc) is 2.49. The van der Waals surface area contributed by atoms with Gasteiger partial charge in [-0.2, -0.15) is 0 Å². The van der Waals surface area contributed by atoms with Crippen molar-refractivity contribution in [3.63, 3.8) is 0 Å². The molecular formula is C18H27NO6. The normalized spacial score (nSPS) is 15.1. The molecule has 3 atom stereocenters. The number of aromatic hydroxyl groups is 2. The fourth-order valence-corrected chi connectivity index (χ4v) is 1.84. The maximum atomic E-state index is 12.1. The van der Waals surface area contributed by atoms with E-state index in [1.807, 2.05) is 0 Å². The molecule has 0 radical (unpaired) electrons. The lowest BCUT2D eigenvalue weighted by Gasteiger charge is -2.25. The highest BCUT2D eigenvalue weighted by Gasteiger charge is 2.29. The number of ether oxygens (including phenoxy) is 2. The number of carbonyl (C=O) groups excluding carboxylic acids is 2. The largest absolute Gasteiger partial charge is 0.504 e. The topological polar surface area (TPSA) is 119 Å². The number of phenols is 2. The Morgan fingerprint density at radius 1 is 1.08 bits per heavy atom. The Bertz CT molecular complexity index is 622. The molecule has 4 N–H and O–H groups in total. The van der Waals surface area contributed by atoms with E-state index in [0.717, 1.165) is 0 Å². The third-order valence-corrected chi connectivity index (χ3v) is 3.67. The van der Waals surface area contributed by atoms with E-state index in [1.54, 1.807) is 40.7 Å². The Morgan fingerprint density at radius 2 is 1.64 bits per heavy atom. The number of rotatable bonds is 6. The van der Waals surface area contributed by atoms with Crippen LogP contribution in [0.25, 0.3) is 0 Å². The molecule has 1 aromatic rings. The smallest absolute Gasteiger partial charge is 0.323 e. The van der Waals surface area contributed by atoms with Gasteiger partial charge in [-0.15, -0.1) is 0 Å². The Labute approximate surface area is 147 Å². The number of hydrogen-bond acceptors (Lipinski definition) is 7. The van der Waals surface area contributed by atoms with Crippen LogP contribution >= 0.6 is 0 Å². The van der Waals surface area contributed by atoms with Crippen LogP contribution in [0, 0.1) is 5.41 Å². The molecule has 140 valence electrons. The molecule has 0 aliphatic carbocycles. The molecule has 0 bridgehead atoms. The highest BCUT2D eigenvalue weighted by Crippen LogP contribution is 2.25. The Balaban J connectivity index is 2.58. The highest BCUT2D eigenvalue weighted by molar-refractivity contribution is 5.77. The van der Waals surface area contributed by atoms with Crippen LogP contribution in [0.3, 0.4) is 0 Å². The molecule has 0 heterocycles. The van der Waals surface area contributed by atoms with Crippen LogP contribution in [0.4, 0.5) is 0 Å². The van der Waals surface area contributed by atoms with E-state index in [0.29, 0.717) is 5.56 Å². The Hall–Kier alpha value is -2.28. The van der Waals surface area contributed by atoms with Gasteiger partial charge in [-0.1, -0.05) is 6.07 Å². The summed E-state index contributed by atoms with van der Waals surface area (Å²) in [6.07, 6.45) is -1.13. The highest BCUT2D eigenvalue weighted by atomic mass is 16.6. The maximum absolute atomic E-state index is 12.1. The van der Waals surface area contributed by atoms with Gasteiger partial charge in [0.05, 0.1) is 5.41 Å². The van der Waals surface area contributed by atoms with Crippen molar-refractivity contribution in [1.29, 1.82) is 0 Å². The number of nitrogens with two attached hydrogens (primary N) is 1. The summed E-state index contributed by atoms with van der Waals surface area (Å²) in [5.41, 5.74) is 5.77. The summed E-state index contributed by atoms with van der Waals surface area (Å²) in [7, 11) is 0. The fourth-order valence-electron chi connectivity index (χ4n) is 1.84. The molecule has 7 nitrogen and oxygen atoms in total. The summed E-state index contributed by atoms with van der Waals surface area (Å²) < 4.78 is 10.5. The lowest BCUT2D eigenvalue weighted by molar-refractivity contribution is -0.171. The minimum absolute atomic E-state index is 0.134. The monoisotopic (exact) mass is 353 g/mol. The fraction of sp³-hybridized carbons (Fsp3) is 0.556. The van der Waals surface area contributed by atoms with E-state index in [1.165, 1.54) is 12.1 Å². The molecule has 25 heavy (non-hydrogen) atoms. The zero-order valence-corrected chi connectivity index (χ0v) is 15.3. The summed E-state index contributed by atoms with van der Waals surface area (Å²) >= 11 is 0. The lowest BCUT2D eigenvalue weighted by Crippen LogP contribution is -2.40. The first-order valence-electron chi connectivity index (χ1n) is 8.09. The van der Waals surface area contributed by atoms with E-state index in [9.17, 15) is 19.8 Å². The van der Waals surface area contributed by atoms with Gasteiger partial charge >= 0.3 is 11.9 Å². The second kappa shape index (κ2) is 8.20. The van der Waals surface area contributed by atoms with Crippen LogP contribution in [0.5, 0.6) is 11.5 Å². The lowest BCUT2D eigenvalue weighted by atomic mass is 9.97. The summed E-state index contributed by atoms with van der Waals surface area (Å²) in [5, 5.41) is 18.7. The number of esters is 2. The van der Waals surface area contributed by atoms with E-state index in [4.69, 9.17) is 15.2 Å². The van der Waals surface area contributed by atoms with Crippen molar-refractivity contribution in [3.05, 3.63) is 23.8 Å². The van der Waals surface area contributed by atoms with E-state index >= 15 is 0 Å². The van der Waals surface area contributed by atoms with Crippen molar-refractivity contribution < 1.29 is 29.3 Å². The van der Waals surface area contributed by atoms with Crippen LogP contribution in [-0.2, 0) is 25.5 Å². The van der Waals surface area contributed by atoms with Crippen LogP contribution in [0.2, 0.25) is 0 Å². The summed E-state index contributed by atoms with van der Waals surface area (Å²) in [6, 6.07) is 3.26. The summed E-state index contributed by atoms with van der Waals surface area (Å²) in [4.78, 5) is 24.0. The first-order valence-corrected chi connectivity index (χ1v) is 8.09. The first-order chi connectivity index (χ1) is 11.4. The molecule has 0 spiro atoms. The minimum Gasteiger partial charge on any atom is -0.504 e. The second-order valence-corrected chi connectivity index (χ2v) is 7.14. The Morgan fingerprint density at radius 3 is 2.16 bits per heavy atom. The number of hydrogen-bond donors (Lipinski definition) is 3. The third-order valence-electron chi connectivity index (χ3n) is 3.67. The maximum Gasteiger partial charge on any atom is 0.323 e. The molecule has 1 aromatic carbocycles. The van der Waals surface area contributed by atoms with Crippen molar-refractivity contribution in [1.82, 2.24) is 0 Å². The van der Waals surface area contributed by atoms with E-state index < -0.39 is 29.6 Å². The van der Waals surface area contributed by atoms with Gasteiger partial charge in [0, 0.05) is 0 Å². The molecule has 0 aromatic heterocycles. The molecule has 0 saturated carbocycles. The van der Waals surface area contributed by atoms with Crippen molar-refractivity contribution in [2.75, 3.05) is 0 Å². The van der Waals surface area contributed by atoms with Crippen molar-refractivity contribution in [2.24, 2.45) is 11.1 Å². The number of carbonyl (C=O) groups is 2. The van der Waals surface area contributed by atoms with Gasteiger partial charge in [-0.3, -0.25) is 9.59 Å². The van der Waals surface area contributed by atoms with Crippen LogP contribution in [-0.4, -0.2) is 40.4 Å². The van der Waals surface area contributed by atoms with Crippen LogP contribution < -0.4 is 5.73 Å². The van der Waals surface area contributed by atoms with Gasteiger partial charge in [0.15, 0.2) is 11.5 Å². The van der Waals surface area contributed by atoms with Gasteiger partial charge in [0.2, 0.25) is 0 Å². The van der Waals surface area contributed by atoms with Crippen LogP contribution in [0.15, 0.2) is 18.2 Å². The van der Waals surface area contributed by atoms with Gasteiger partial charge in [-0.25, -0.2) is 0 Å². The first kappa shape index (κ1) is 20.8. The van der Waals surface area contributed by atoms with Gasteiger partial charge < -0.3 is 25.4 Å². The zero-order valence-electron chi connectivity index (χ0n) is 15.3. The van der Waals surface area contributed by atoms with Gasteiger partial charge in [-0.05, 0) is 58.7 Å². The second-order valence-electron chi connectivity index (χ2n) is 7.14. The molecule has 0 saturated heterocycles. The quantitative estimate of drug-likeness (QED) is 0.527. The third kappa shape index (κ3) is 6.26. The summed E-state index contributed by atoms with van der Waals surface area (Å²) in [6.45, 7) is 8.48.